The van der Waals surface area contributed by atoms with Crippen molar-refractivity contribution < 1.29 is 18.7 Å². The number of hydrogen-bond donors (Lipinski definition) is 0. The maximum Gasteiger partial charge on any atom is 0.260 e. The van der Waals surface area contributed by atoms with E-state index in [9.17, 15) is 9.18 Å². The average molecular weight is 428 g/mol. The molecule has 1 unspecified atom stereocenters. The van der Waals surface area contributed by atoms with E-state index in [0.29, 0.717) is 35.2 Å². The van der Waals surface area contributed by atoms with Gasteiger partial charge in [0.25, 0.3) is 5.91 Å². The van der Waals surface area contributed by atoms with Gasteiger partial charge in [-0.05, 0) is 37.1 Å². The Balaban J connectivity index is 1.40. The highest BCUT2D eigenvalue weighted by Gasteiger charge is 2.28. The molecular formula is C22H22FN3O3S. The second-order valence-corrected chi connectivity index (χ2v) is 8.05. The number of carbonyl (C=O) groups excluding carboxylic acids is 1. The van der Waals surface area contributed by atoms with Crippen LogP contribution in [0, 0.1) is 5.82 Å². The molecule has 8 heteroatoms. The topological polar surface area (TPSA) is 64.6 Å². The number of hydrogen-bond acceptors (Lipinski definition) is 6. The fourth-order valence-electron chi connectivity index (χ4n) is 3.52. The summed E-state index contributed by atoms with van der Waals surface area (Å²) in [6, 6.07) is 13.8. The molecule has 2 aromatic carbocycles. The van der Waals surface area contributed by atoms with Gasteiger partial charge in [-0.15, -0.1) is 10.2 Å². The molecule has 0 bridgehead atoms. The second kappa shape index (κ2) is 9.21. The Labute approximate surface area is 178 Å². The largest absolute Gasteiger partial charge is 0.493 e. The van der Waals surface area contributed by atoms with Crippen LogP contribution in [0.5, 0.6) is 11.5 Å². The maximum absolute atomic E-state index is 14.0. The SMILES string of the molecule is COc1ccccc1OCC(=O)N1CCCC(c2nnc(-c3ccccc3F)s2)C1. The number of piperidine rings is 1. The molecule has 30 heavy (non-hydrogen) atoms. The number of rotatable bonds is 6. The lowest BCUT2D eigenvalue weighted by Gasteiger charge is -2.31. The minimum Gasteiger partial charge on any atom is -0.493 e. The van der Waals surface area contributed by atoms with Gasteiger partial charge in [0, 0.05) is 24.6 Å². The molecule has 6 nitrogen and oxygen atoms in total. The van der Waals surface area contributed by atoms with Crippen LogP contribution in [0.4, 0.5) is 4.39 Å². The molecule has 0 radical (unpaired) electrons. The summed E-state index contributed by atoms with van der Waals surface area (Å²) in [7, 11) is 1.57. The third-order valence-electron chi connectivity index (χ3n) is 5.09. The molecule has 1 atom stereocenters. The Kier molecular flexibility index (Phi) is 6.23. The summed E-state index contributed by atoms with van der Waals surface area (Å²) < 4.78 is 25.0. The third-order valence-corrected chi connectivity index (χ3v) is 6.21. The highest BCUT2D eigenvalue weighted by Crippen LogP contribution is 2.33. The predicted octanol–water partition coefficient (Wildman–Crippen LogP) is 4.14. The van der Waals surface area contributed by atoms with Crippen molar-refractivity contribution in [3.63, 3.8) is 0 Å². The van der Waals surface area contributed by atoms with Crippen LogP contribution in [0.1, 0.15) is 23.8 Å². The Morgan fingerprint density at radius 2 is 1.93 bits per heavy atom. The lowest BCUT2D eigenvalue weighted by molar-refractivity contribution is -0.134. The van der Waals surface area contributed by atoms with Crippen molar-refractivity contribution in [1.29, 1.82) is 0 Å². The monoisotopic (exact) mass is 427 g/mol. The molecule has 1 fully saturated rings. The molecule has 1 aliphatic rings. The first-order valence-corrected chi connectivity index (χ1v) is 10.6. The fourth-order valence-corrected chi connectivity index (χ4v) is 4.51. The van der Waals surface area contributed by atoms with Gasteiger partial charge in [-0.1, -0.05) is 35.6 Å². The molecule has 0 N–H and O–H groups in total. The molecule has 156 valence electrons. The highest BCUT2D eigenvalue weighted by atomic mass is 32.1. The van der Waals surface area contributed by atoms with Gasteiger partial charge in [0.15, 0.2) is 23.1 Å². The first kappa shape index (κ1) is 20.3. The number of methoxy groups -OCH3 is 1. The van der Waals surface area contributed by atoms with Crippen molar-refractivity contribution >= 4 is 17.2 Å². The van der Waals surface area contributed by atoms with E-state index < -0.39 is 0 Å². The van der Waals surface area contributed by atoms with E-state index in [1.807, 2.05) is 12.1 Å². The van der Waals surface area contributed by atoms with Crippen LogP contribution in [0.15, 0.2) is 48.5 Å². The molecule has 4 rings (SSSR count). The Morgan fingerprint density at radius 1 is 1.17 bits per heavy atom. The molecule has 0 aliphatic carbocycles. The van der Waals surface area contributed by atoms with E-state index >= 15 is 0 Å². The van der Waals surface area contributed by atoms with Crippen LogP contribution in [0.2, 0.25) is 0 Å². The number of aromatic nitrogens is 2. The quantitative estimate of drug-likeness (QED) is 0.592. The number of benzene rings is 2. The summed E-state index contributed by atoms with van der Waals surface area (Å²) >= 11 is 1.39. The Hall–Kier alpha value is -3.00. The van der Waals surface area contributed by atoms with Crippen LogP contribution in [-0.4, -0.2) is 47.8 Å². The van der Waals surface area contributed by atoms with E-state index in [1.165, 1.54) is 17.4 Å². The normalized spacial score (nSPS) is 16.3. The number of likely N-dealkylation sites (tertiary alicyclic amines) is 1. The summed E-state index contributed by atoms with van der Waals surface area (Å²) in [6.07, 6.45) is 1.79. The number of ether oxygens (including phenoxy) is 2. The van der Waals surface area contributed by atoms with Gasteiger partial charge in [0.1, 0.15) is 10.8 Å². The van der Waals surface area contributed by atoms with Gasteiger partial charge in [-0.2, -0.15) is 0 Å². The molecule has 1 aromatic heterocycles. The van der Waals surface area contributed by atoms with Crippen molar-refractivity contribution in [1.82, 2.24) is 15.1 Å². The van der Waals surface area contributed by atoms with E-state index in [0.717, 1.165) is 17.8 Å². The van der Waals surface area contributed by atoms with E-state index in [-0.39, 0.29) is 24.2 Å². The van der Waals surface area contributed by atoms with E-state index in [2.05, 4.69) is 10.2 Å². The van der Waals surface area contributed by atoms with Gasteiger partial charge >= 0.3 is 0 Å². The standard InChI is InChI=1S/C22H22FN3O3S/c1-28-18-10-4-5-11-19(18)29-14-20(27)26-12-6-7-15(13-26)21-24-25-22(30-21)16-8-2-3-9-17(16)23/h2-5,8-11,15H,6-7,12-14H2,1H3. The van der Waals surface area contributed by atoms with Gasteiger partial charge in [-0.25, -0.2) is 4.39 Å². The molecule has 2 heterocycles. The van der Waals surface area contributed by atoms with Gasteiger partial charge < -0.3 is 14.4 Å². The van der Waals surface area contributed by atoms with Crippen molar-refractivity contribution in [2.24, 2.45) is 0 Å². The van der Waals surface area contributed by atoms with Crippen molar-refractivity contribution in [3.8, 4) is 22.1 Å². The number of halogens is 1. The zero-order valence-electron chi connectivity index (χ0n) is 16.6. The minimum atomic E-state index is -0.311. The van der Waals surface area contributed by atoms with Crippen LogP contribution in [0.25, 0.3) is 10.6 Å². The smallest absolute Gasteiger partial charge is 0.260 e. The van der Waals surface area contributed by atoms with E-state index in [1.54, 1.807) is 42.3 Å². The Bertz CT molecular complexity index is 1030. The number of para-hydroxylation sites is 2. The summed E-state index contributed by atoms with van der Waals surface area (Å²) in [5.74, 6) is 0.836. The highest BCUT2D eigenvalue weighted by molar-refractivity contribution is 7.14. The average Bonchev–Trinajstić information content (AvgIpc) is 3.28. The summed E-state index contributed by atoms with van der Waals surface area (Å²) in [4.78, 5) is 14.5. The predicted molar refractivity (Wildman–Crippen MR) is 112 cm³/mol. The van der Waals surface area contributed by atoms with Gasteiger partial charge in [0.05, 0.1) is 7.11 Å². The lowest BCUT2D eigenvalue weighted by Crippen LogP contribution is -2.41. The number of amides is 1. The molecule has 1 saturated heterocycles. The van der Waals surface area contributed by atoms with Crippen LogP contribution >= 0.6 is 11.3 Å². The van der Waals surface area contributed by atoms with Crippen molar-refractivity contribution in [3.05, 3.63) is 59.4 Å². The number of carbonyl (C=O) groups is 1. The molecular weight excluding hydrogens is 405 g/mol. The Morgan fingerprint density at radius 3 is 2.73 bits per heavy atom. The van der Waals surface area contributed by atoms with Gasteiger partial charge in [-0.3, -0.25) is 4.79 Å². The third kappa shape index (κ3) is 4.43. The zero-order valence-corrected chi connectivity index (χ0v) is 17.4. The first-order chi connectivity index (χ1) is 14.7. The molecule has 0 spiro atoms. The number of nitrogens with zero attached hydrogens (tertiary/aromatic N) is 3. The summed E-state index contributed by atoms with van der Waals surface area (Å²) in [6.45, 7) is 1.19. The second-order valence-electron chi connectivity index (χ2n) is 7.04. The molecule has 1 aliphatic heterocycles. The summed E-state index contributed by atoms with van der Waals surface area (Å²) in [5, 5.41) is 9.85. The minimum absolute atomic E-state index is 0.0519. The van der Waals surface area contributed by atoms with Crippen molar-refractivity contribution in [2.45, 2.75) is 18.8 Å². The first-order valence-electron chi connectivity index (χ1n) is 9.77. The summed E-state index contributed by atoms with van der Waals surface area (Å²) in [5.41, 5.74) is 0.454. The van der Waals surface area contributed by atoms with Crippen molar-refractivity contribution in [2.75, 3.05) is 26.8 Å². The molecule has 1 amide bonds. The van der Waals surface area contributed by atoms with Crippen LogP contribution in [-0.2, 0) is 4.79 Å². The lowest BCUT2D eigenvalue weighted by atomic mass is 9.99. The fraction of sp³-hybridized carbons (Fsp3) is 0.318. The maximum atomic E-state index is 14.0. The zero-order chi connectivity index (χ0) is 20.9. The van der Waals surface area contributed by atoms with Crippen LogP contribution < -0.4 is 9.47 Å². The molecule has 3 aromatic rings. The molecule has 0 saturated carbocycles. The van der Waals surface area contributed by atoms with Crippen LogP contribution in [0.3, 0.4) is 0 Å². The van der Waals surface area contributed by atoms with E-state index in [4.69, 9.17) is 9.47 Å². The van der Waals surface area contributed by atoms with Gasteiger partial charge in [0.2, 0.25) is 0 Å².